The molecule has 3 aromatic rings. The first-order valence-corrected chi connectivity index (χ1v) is 16.1. The van der Waals surface area contributed by atoms with Gasteiger partial charge in [-0.25, -0.2) is 4.79 Å². The topological polar surface area (TPSA) is 129 Å². The van der Waals surface area contributed by atoms with Gasteiger partial charge >= 0.3 is 17.9 Å². The molecule has 47 heavy (non-hydrogen) atoms. The molecule has 9 heteroatoms. The number of aliphatic hydroxyl groups excluding tert-OH is 1. The fourth-order valence-corrected chi connectivity index (χ4v) is 6.06. The van der Waals surface area contributed by atoms with E-state index < -0.39 is 29.6 Å². The van der Waals surface area contributed by atoms with Crippen LogP contribution in [-0.4, -0.2) is 54.5 Å². The van der Waals surface area contributed by atoms with E-state index in [0.29, 0.717) is 49.8 Å². The number of phenols is 1. The third kappa shape index (κ3) is 9.68. The van der Waals surface area contributed by atoms with Crippen molar-refractivity contribution in [2.24, 2.45) is 0 Å². The van der Waals surface area contributed by atoms with E-state index in [1.54, 1.807) is 25.1 Å². The minimum Gasteiger partial charge on any atom is -0.507 e. The van der Waals surface area contributed by atoms with Gasteiger partial charge in [0, 0.05) is 17.9 Å². The number of cyclic esters (lactones) is 3. The van der Waals surface area contributed by atoms with Crippen LogP contribution in [-0.2, 0) is 29.2 Å². The van der Waals surface area contributed by atoms with Crippen molar-refractivity contribution in [1.29, 1.82) is 0 Å². The SMILES string of the molecule is COc1cc(O)c2c(c1)/C=C/CC(=O)OCCCC(c1ccccc1)(C(O)c1ccccc1)CCCOC(=O)CCC[C@H](C)OC2=O. The Bertz CT molecular complexity index is 1500. The van der Waals surface area contributed by atoms with Crippen molar-refractivity contribution >= 4 is 24.0 Å². The molecular weight excluding hydrogens is 600 g/mol. The molecule has 0 bridgehead atoms. The van der Waals surface area contributed by atoms with Gasteiger partial charge in [0.05, 0.1) is 39.0 Å². The molecule has 1 heterocycles. The lowest BCUT2D eigenvalue weighted by Crippen LogP contribution is -2.35. The lowest BCUT2D eigenvalue weighted by molar-refractivity contribution is -0.144. The highest BCUT2D eigenvalue weighted by molar-refractivity contribution is 5.97. The molecule has 3 aromatic carbocycles. The summed E-state index contributed by atoms with van der Waals surface area (Å²) >= 11 is 0. The second-order valence-electron chi connectivity index (χ2n) is 11.8. The summed E-state index contributed by atoms with van der Waals surface area (Å²) in [5.41, 5.74) is 1.25. The van der Waals surface area contributed by atoms with Crippen LogP contribution < -0.4 is 4.74 Å². The molecule has 0 saturated carbocycles. The molecule has 0 amide bonds. The first-order chi connectivity index (χ1) is 22.7. The highest BCUT2D eigenvalue weighted by atomic mass is 16.5. The molecule has 0 fully saturated rings. The maximum atomic E-state index is 13.0. The molecule has 1 aliphatic rings. The Hall–Kier alpha value is -4.63. The molecule has 2 unspecified atom stereocenters. The summed E-state index contributed by atoms with van der Waals surface area (Å²) in [4.78, 5) is 38.4. The Labute approximate surface area is 276 Å². The number of carbonyl (C=O) groups is 3. The second kappa shape index (κ2) is 17.3. The van der Waals surface area contributed by atoms with Gasteiger partial charge in [0.2, 0.25) is 0 Å². The molecule has 250 valence electrons. The summed E-state index contributed by atoms with van der Waals surface area (Å²) in [6.45, 7) is 2.03. The Balaban J connectivity index is 1.59. The van der Waals surface area contributed by atoms with E-state index in [4.69, 9.17) is 18.9 Å². The van der Waals surface area contributed by atoms with Crippen molar-refractivity contribution in [2.75, 3.05) is 20.3 Å². The number of aliphatic hydroxyl groups is 1. The first kappa shape index (κ1) is 35.2. The zero-order chi connectivity index (χ0) is 33.6. The summed E-state index contributed by atoms with van der Waals surface area (Å²) in [7, 11) is 1.44. The number of phenolic OH excluding ortho intramolecular Hbond substituents is 1. The fourth-order valence-electron chi connectivity index (χ4n) is 6.06. The van der Waals surface area contributed by atoms with Gasteiger partial charge in [0.15, 0.2) is 0 Å². The van der Waals surface area contributed by atoms with Crippen LogP contribution in [0.4, 0.5) is 0 Å². The van der Waals surface area contributed by atoms with E-state index >= 15 is 0 Å². The second-order valence-corrected chi connectivity index (χ2v) is 11.8. The van der Waals surface area contributed by atoms with Crippen molar-refractivity contribution in [2.45, 2.75) is 75.9 Å². The zero-order valence-corrected chi connectivity index (χ0v) is 27.1. The summed E-state index contributed by atoms with van der Waals surface area (Å²) in [6, 6.07) is 22.2. The van der Waals surface area contributed by atoms with Crippen LogP contribution >= 0.6 is 0 Å². The molecule has 0 aromatic heterocycles. The van der Waals surface area contributed by atoms with Crippen molar-refractivity contribution in [3.8, 4) is 11.5 Å². The number of esters is 3. The first-order valence-electron chi connectivity index (χ1n) is 16.1. The molecule has 2 N–H and O–H groups in total. The van der Waals surface area contributed by atoms with E-state index in [1.807, 2.05) is 60.7 Å². The van der Waals surface area contributed by atoms with Crippen molar-refractivity contribution in [3.05, 3.63) is 101 Å². The maximum absolute atomic E-state index is 13.0. The van der Waals surface area contributed by atoms with Gasteiger partial charge in [-0.3, -0.25) is 9.59 Å². The smallest absolute Gasteiger partial charge is 0.342 e. The normalized spacial score (nSPS) is 22.2. The number of fused-ring (bicyclic) bond motifs is 1. The number of hydrogen-bond acceptors (Lipinski definition) is 9. The molecule has 0 radical (unpaired) electrons. The average molecular weight is 645 g/mol. The summed E-state index contributed by atoms with van der Waals surface area (Å²) in [5, 5.41) is 22.5. The minimum absolute atomic E-state index is 0.0574. The number of rotatable bonds is 4. The van der Waals surface area contributed by atoms with E-state index in [9.17, 15) is 24.6 Å². The molecule has 4 rings (SSSR count). The Morgan fingerprint density at radius 2 is 1.51 bits per heavy atom. The van der Waals surface area contributed by atoms with E-state index in [2.05, 4.69) is 0 Å². The highest BCUT2D eigenvalue weighted by Gasteiger charge is 2.39. The molecular formula is C38H44O9. The minimum atomic E-state index is -0.858. The predicted molar refractivity (Wildman–Crippen MR) is 177 cm³/mol. The quantitative estimate of drug-likeness (QED) is 0.231. The largest absolute Gasteiger partial charge is 0.507 e. The summed E-state index contributed by atoms with van der Waals surface area (Å²) in [5.74, 6) is -1.54. The molecule has 0 spiro atoms. The highest BCUT2D eigenvalue weighted by Crippen LogP contribution is 2.45. The van der Waals surface area contributed by atoms with Crippen LogP contribution in [0, 0.1) is 0 Å². The Kier molecular flexibility index (Phi) is 13.0. The van der Waals surface area contributed by atoms with Gasteiger partial charge in [0.1, 0.15) is 17.1 Å². The van der Waals surface area contributed by atoms with Gasteiger partial charge in [-0.1, -0.05) is 72.8 Å². The number of carbonyl (C=O) groups excluding carboxylic acids is 3. The Morgan fingerprint density at radius 1 is 0.872 bits per heavy atom. The van der Waals surface area contributed by atoms with Gasteiger partial charge in [-0.05, 0) is 68.2 Å². The number of hydrogen-bond donors (Lipinski definition) is 2. The summed E-state index contributed by atoms with van der Waals surface area (Å²) in [6.07, 6.45) is 4.68. The predicted octanol–water partition coefficient (Wildman–Crippen LogP) is 6.85. The van der Waals surface area contributed by atoms with E-state index in [0.717, 1.165) is 11.1 Å². The molecule has 9 nitrogen and oxygen atoms in total. The van der Waals surface area contributed by atoms with Crippen LogP contribution in [0.3, 0.4) is 0 Å². The van der Waals surface area contributed by atoms with Crippen molar-refractivity contribution < 1.29 is 43.5 Å². The molecule has 0 aliphatic carbocycles. The third-order valence-corrected chi connectivity index (χ3v) is 8.49. The molecule has 3 atom stereocenters. The van der Waals surface area contributed by atoms with E-state index in [1.165, 1.54) is 13.2 Å². The number of methoxy groups -OCH3 is 1. The van der Waals surface area contributed by atoms with Crippen LogP contribution in [0.25, 0.3) is 6.08 Å². The zero-order valence-electron chi connectivity index (χ0n) is 27.1. The van der Waals surface area contributed by atoms with Gasteiger partial charge in [0.25, 0.3) is 0 Å². The van der Waals surface area contributed by atoms with Crippen LogP contribution in [0.15, 0.2) is 78.9 Å². The Morgan fingerprint density at radius 3 is 2.17 bits per heavy atom. The van der Waals surface area contributed by atoms with Crippen molar-refractivity contribution in [1.82, 2.24) is 0 Å². The van der Waals surface area contributed by atoms with Gasteiger partial charge in [-0.15, -0.1) is 0 Å². The lowest BCUT2D eigenvalue weighted by atomic mass is 9.67. The number of benzene rings is 3. The van der Waals surface area contributed by atoms with Crippen LogP contribution in [0.1, 0.15) is 91.4 Å². The van der Waals surface area contributed by atoms with E-state index in [-0.39, 0.29) is 43.3 Å². The fraction of sp³-hybridized carbons (Fsp3) is 0.395. The molecule has 1 aliphatic heterocycles. The van der Waals surface area contributed by atoms with Crippen molar-refractivity contribution in [3.63, 3.8) is 0 Å². The van der Waals surface area contributed by atoms with Crippen LogP contribution in [0.2, 0.25) is 0 Å². The average Bonchev–Trinajstić information content (AvgIpc) is 3.07. The summed E-state index contributed by atoms with van der Waals surface area (Å²) < 4.78 is 22.0. The van der Waals surface area contributed by atoms with Gasteiger partial charge in [-0.2, -0.15) is 0 Å². The third-order valence-electron chi connectivity index (χ3n) is 8.49. The molecule has 0 saturated heterocycles. The number of aromatic hydroxyl groups is 1. The standard InChI is InChI=1S/C38H44O9/c1-27-13-9-19-33(40)45-23-11-21-38(30-17-7-4-8-18-30,36(42)28-14-5-3-6-15-28)22-12-24-46-34(41)20-10-16-29-25-31(44-2)26-32(39)35(29)37(43)47-27/h3-8,10,14-18,25-27,36,39,42H,9,11-13,19-24H2,1-2H3/b16-10+/t27-,36?,38?/m0/s1. The monoisotopic (exact) mass is 644 g/mol. The number of ether oxygens (including phenoxy) is 4. The van der Waals surface area contributed by atoms with Gasteiger partial charge < -0.3 is 29.2 Å². The van der Waals surface area contributed by atoms with Crippen LogP contribution in [0.5, 0.6) is 11.5 Å². The maximum Gasteiger partial charge on any atom is 0.342 e. The lowest BCUT2D eigenvalue weighted by Gasteiger charge is -2.39.